The molecule has 6 atom stereocenters. The average molecular weight is 1710 g/mol. The van der Waals surface area contributed by atoms with Crippen LogP contribution in [0.5, 0.6) is 5.75 Å². The molecular formula is C59H59Br4ClN20O19. The van der Waals surface area contributed by atoms with E-state index in [4.69, 9.17) is 51.7 Å². The van der Waals surface area contributed by atoms with Gasteiger partial charge in [-0.15, -0.1) is 11.6 Å². The van der Waals surface area contributed by atoms with Gasteiger partial charge in [0.2, 0.25) is 0 Å². The van der Waals surface area contributed by atoms with E-state index in [0.717, 1.165) is 16.7 Å². The maximum atomic E-state index is 11.1. The number of ether oxygens (including phenoxy) is 2. The maximum Gasteiger partial charge on any atom is 0.329 e. The Morgan fingerprint density at radius 3 is 1.28 bits per heavy atom. The molecular weight excluding hydrogens is 1650 g/mol. The number of carbonyl (C=O) groups excluding carboxylic acids is 1. The summed E-state index contributed by atoms with van der Waals surface area (Å²) in [4.78, 5) is 116. The second-order valence-electron chi connectivity index (χ2n) is 20.7. The van der Waals surface area contributed by atoms with Crippen LogP contribution in [0.3, 0.4) is 0 Å². The number of alkyl halides is 5. The number of halogens is 5. The van der Waals surface area contributed by atoms with Crippen LogP contribution in [-0.2, 0) is 44.7 Å². The van der Waals surface area contributed by atoms with Crippen molar-refractivity contribution in [3.8, 4) is 51.3 Å². The quantitative estimate of drug-likeness (QED) is 0.0123. The zero-order valence-electron chi connectivity index (χ0n) is 54.3. The Bertz CT molecular complexity index is 4570. The third kappa shape index (κ3) is 24.3. The van der Waals surface area contributed by atoms with E-state index in [0.29, 0.717) is 46.6 Å². The molecule has 12 N–H and O–H groups in total. The summed E-state index contributed by atoms with van der Waals surface area (Å²) in [6, 6.07) is 25.8. The Morgan fingerprint density at radius 1 is 0.495 bits per heavy atom. The monoisotopic (exact) mass is 1700 g/mol. The summed E-state index contributed by atoms with van der Waals surface area (Å²) >= 11 is 17.4. The molecule has 6 unspecified atom stereocenters. The number of nitro groups is 2. The fraction of sp³-hybridized carbons (Fsp3) is 0.271. The van der Waals surface area contributed by atoms with E-state index in [1.807, 2.05) is 75.4 Å². The molecule has 44 heteroatoms. The second-order valence-corrected chi connectivity index (χ2v) is 24.8. The number of esters is 1. The highest BCUT2D eigenvalue weighted by Crippen LogP contribution is 2.33. The number of hydrogen-bond donors (Lipinski definition) is 12. The van der Waals surface area contributed by atoms with Crippen LogP contribution < -0.4 is 4.74 Å². The lowest BCUT2D eigenvalue weighted by Crippen LogP contribution is -2.10. The maximum absolute atomic E-state index is 11.1. The zero-order chi connectivity index (χ0) is 76.5. The van der Waals surface area contributed by atoms with Crippen molar-refractivity contribution in [2.75, 3.05) is 13.7 Å². The molecule has 39 nitrogen and oxygen atoms in total. The number of rotatable bonds is 23. The summed E-state index contributed by atoms with van der Waals surface area (Å²) in [5, 5.41) is 112. The standard InChI is InChI=1S/C11H9BrN4O5.C11H9BrN4O4.C11H10BrN3O2.C10H8BrN3O2.C9H13N3O4.C7H10ClN3O2/c1-21-7-3-2-5(4-6(7)16(19)20)9-13-10(15-14-9)8(12)11(17)18;1-5-2-3-6(4-7(5)16(19)20)9-13-10(15-14-9)8(12)11(17)18;1-6-2-4-7(5-3-6)9-13-10(15-14-9)8(12)11(16)17;11-7(10(15)16)9-12-8(13-14-9)6-4-2-1-3-5-6;1-3-16-7(13)4-6-10-8(12-11-6)5(2)9(14)15;1-3(2)5-9-6(11-10-5)4(8)7(12)13/h2-4,8H,1H3,(H,17,18)(H,13,14,15);2-4,8H,1H3,(H,17,18)(H,13,14,15);2-5,8H,1H3,(H,16,17)(H,13,14,15);1-5,7H,(H,15,16)(H,12,13,14);5H,3-4H2,1-2H3,(H,14,15)(H,10,11,12);3-4H,1-2H3,(H,12,13)(H,9,10,11). The van der Waals surface area contributed by atoms with Crippen molar-refractivity contribution in [2.24, 2.45) is 0 Å². The van der Waals surface area contributed by atoms with Crippen molar-refractivity contribution in [3.63, 3.8) is 0 Å². The van der Waals surface area contributed by atoms with Gasteiger partial charge in [-0.2, -0.15) is 30.6 Å². The number of nitro benzene ring substituents is 2. The van der Waals surface area contributed by atoms with Crippen LogP contribution in [0.2, 0.25) is 0 Å². The number of hydrogen-bond acceptors (Lipinski definition) is 25. The number of methoxy groups -OCH3 is 1. The van der Waals surface area contributed by atoms with Crippen LogP contribution in [0.25, 0.3) is 45.6 Å². The number of aromatic nitrogens is 18. The van der Waals surface area contributed by atoms with Crippen molar-refractivity contribution >= 4 is 128 Å². The molecule has 10 rings (SSSR count). The minimum atomic E-state index is -1.15. The summed E-state index contributed by atoms with van der Waals surface area (Å²) < 4.78 is 9.62. The predicted octanol–water partition coefficient (Wildman–Crippen LogP) is 9.80. The third-order valence-electron chi connectivity index (χ3n) is 12.9. The molecule has 544 valence electrons. The molecule has 103 heavy (non-hydrogen) atoms. The van der Waals surface area contributed by atoms with Gasteiger partial charge in [0.15, 0.2) is 71.2 Å². The number of aryl methyl sites for hydroxylation is 2. The molecule has 0 fully saturated rings. The first kappa shape index (κ1) is 82.5. The molecule has 0 bridgehead atoms. The van der Waals surface area contributed by atoms with Gasteiger partial charge in [-0.25, -0.2) is 29.9 Å². The molecule has 0 saturated carbocycles. The largest absolute Gasteiger partial charge is 0.490 e. The summed E-state index contributed by atoms with van der Waals surface area (Å²) in [5.74, 6) is -4.00. The number of benzene rings is 4. The molecule has 0 amide bonds. The van der Waals surface area contributed by atoms with Crippen molar-refractivity contribution < 1.29 is 83.5 Å². The first-order valence-corrected chi connectivity index (χ1v) is 33.2. The first-order chi connectivity index (χ1) is 48.6. The lowest BCUT2D eigenvalue weighted by atomic mass is 10.1. The van der Waals surface area contributed by atoms with E-state index in [1.54, 1.807) is 32.0 Å². The summed E-state index contributed by atoms with van der Waals surface area (Å²) in [5.41, 5.74) is 3.91. The smallest absolute Gasteiger partial charge is 0.329 e. The number of carboxylic acid groups (broad SMARTS) is 6. The molecule has 0 aliphatic carbocycles. The first-order valence-electron chi connectivity index (χ1n) is 29.1. The number of aliphatic carboxylic acids is 6. The van der Waals surface area contributed by atoms with Gasteiger partial charge in [-0.05, 0) is 39.8 Å². The van der Waals surface area contributed by atoms with Crippen LogP contribution >= 0.6 is 75.3 Å². The topological polar surface area (TPSA) is 595 Å². The van der Waals surface area contributed by atoms with E-state index < -0.39 is 82.2 Å². The average Bonchev–Trinajstić information content (AvgIpc) is 1.64. The van der Waals surface area contributed by atoms with Crippen LogP contribution in [0.15, 0.2) is 91.0 Å². The van der Waals surface area contributed by atoms with Gasteiger partial charge in [0.25, 0.3) is 5.69 Å². The molecule has 6 aromatic heterocycles. The van der Waals surface area contributed by atoms with E-state index in [-0.39, 0.29) is 76.1 Å². The highest BCUT2D eigenvalue weighted by Gasteiger charge is 2.27. The molecule has 10 aromatic rings. The van der Waals surface area contributed by atoms with Gasteiger partial charge in [-0.1, -0.05) is 150 Å². The highest BCUT2D eigenvalue weighted by molar-refractivity contribution is 9.10. The lowest BCUT2D eigenvalue weighted by Gasteiger charge is -2.02. The fourth-order valence-electron chi connectivity index (χ4n) is 7.56. The van der Waals surface area contributed by atoms with Gasteiger partial charge in [0, 0.05) is 45.9 Å². The third-order valence-corrected chi connectivity index (χ3v) is 16.6. The predicted molar refractivity (Wildman–Crippen MR) is 373 cm³/mol. The zero-order valence-corrected chi connectivity index (χ0v) is 61.4. The number of aromatic amines is 6. The summed E-state index contributed by atoms with van der Waals surface area (Å²) in [7, 11) is 1.33. The van der Waals surface area contributed by atoms with Crippen molar-refractivity contribution in [3.05, 3.63) is 169 Å². The molecule has 0 saturated heterocycles. The molecule has 0 aliphatic rings. The van der Waals surface area contributed by atoms with Crippen LogP contribution in [0, 0.1) is 34.1 Å². The minimum absolute atomic E-state index is 0.0345. The normalized spacial score (nSPS) is 12.3. The van der Waals surface area contributed by atoms with E-state index in [2.05, 4.69) is 155 Å². The Labute approximate surface area is 617 Å². The Morgan fingerprint density at radius 2 is 0.893 bits per heavy atom. The SMILES string of the molecule is CC(C)c1n[nH]c(C(Cl)C(=O)O)n1.CCOC(=O)Cc1nc(C(C)C(=O)O)n[nH]1.COc1ccc(-c2n[nH]c(C(Br)C(=O)O)n2)cc1[N+](=O)[O-].Cc1ccc(-c2n[nH]c(C(Br)C(=O)O)n2)cc1.Cc1ccc(-c2n[nH]c(C(Br)C(=O)O)n2)cc1[N+](=O)[O-].O=C(O)C(Br)c1nc(-c2ccccc2)n[nH]1. The fourth-order valence-corrected chi connectivity index (χ4v) is 8.48. The Balaban J connectivity index is 0.000000224. The van der Waals surface area contributed by atoms with Gasteiger partial charge >= 0.3 is 47.5 Å². The minimum Gasteiger partial charge on any atom is -0.490 e. The number of carbonyl (C=O) groups is 7. The van der Waals surface area contributed by atoms with Gasteiger partial charge in [0.05, 0.1) is 23.6 Å². The van der Waals surface area contributed by atoms with Crippen molar-refractivity contribution in [2.45, 2.75) is 84.5 Å². The molecule has 4 aromatic carbocycles. The number of carboxylic acids is 6. The lowest BCUT2D eigenvalue weighted by molar-refractivity contribution is -0.385. The Hall–Kier alpha value is -11.2. The summed E-state index contributed by atoms with van der Waals surface area (Å²) in [6.45, 7) is 10.9. The Kier molecular flexibility index (Phi) is 31.3. The number of nitrogens with zero attached hydrogens (tertiary/aromatic N) is 14. The molecule has 0 radical (unpaired) electrons. The number of nitrogens with one attached hydrogen (secondary N) is 6. The van der Waals surface area contributed by atoms with E-state index in [9.17, 15) is 53.8 Å². The highest BCUT2D eigenvalue weighted by atomic mass is 79.9. The molecule has 6 heterocycles. The van der Waals surface area contributed by atoms with Gasteiger partial charge in [-0.3, -0.25) is 84.4 Å². The second kappa shape index (κ2) is 39.1. The van der Waals surface area contributed by atoms with Crippen LogP contribution in [0.1, 0.15) is 122 Å². The van der Waals surface area contributed by atoms with Crippen molar-refractivity contribution in [1.82, 2.24) is 91.1 Å². The van der Waals surface area contributed by atoms with E-state index in [1.165, 1.54) is 32.2 Å². The van der Waals surface area contributed by atoms with E-state index >= 15 is 0 Å². The van der Waals surface area contributed by atoms with Crippen LogP contribution in [-0.4, -0.2) is 187 Å². The number of H-pyrrole nitrogens is 6. The van der Waals surface area contributed by atoms with Crippen molar-refractivity contribution in [1.29, 1.82) is 0 Å². The van der Waals surface area contributed by atoms with Gasteiger partial charge in [0.1, 0.15) is 41.5 Å². The van der Waals surface area contributed by atoms with Crippen LogP contribution in [0.4, 0.5) is 11.4 Å². The molecule has 0 spiro atoms. The summed E-state index contributed by atoms with van der Waals surface area (Å²) in [6.07, 6.45) is -0.0345. The molecule has 0 aliphatic heterocycles. The van der Waals surface area contributed by atoms with Gasteiger partial charge < -0.3 is 40.1 Å².